The Balaban J connectivity index is 1.68. The molecule has 0 saturated carbocycles. The molecule has 7 nitrogen and oxygen atoms in total. The molecule has 2 aromatic carbocycles. The minimum Gasteiger partial charge on any atom is -0.497 e. The van der Waals surface area contributed by atoms with Crippen molar-refractivity contribution in [2.45, 2.75) is 32.6 Å². The van der Waals surface area contributed by atoms with Gasteiger partial charge in [0.05, 0.1) is 13.7 Å². The number of carbonyl (C=O) groups is 2. The molecule has 2 rings (SSSR count). The SMILES string of the molecule is CCCCCCOc1ccc(C(=O)NNC(=O)COc2ccc(OC)cc2)cc1. The van der Waals surface area contributed by atoms with Gasteiger partial charge in [0.2, 0.25) is 0 Å². The fourth-order valence-electron chi connectivity index (χ4n) is 2.48. The molecule has 0 bridgehead atoms. The third kappa shape index (κ3) is 8.13. The van der Waals surface area contributed by atoms with Gasteiger partial charge >= 0.3 is 0 Å². The molecule has 29 heavy (non-hydrogen) atoms. The van der Waals surface area contributed by atoms with E-state index in [9.17, 15) is 9.59 Å². The van der Waals surface area contributed by atoms with Crippen LogP contribution in [0.2, 0.25) is 0 Å². The molecule has 0 aliphatic carbocycles. The summed E-state index contributed by atoms with van der Waals surface area (Å²) in [4.78, 5) is 23.9. The lowest BCUT2D eigenvalue weighted by atomic mass is 10.2. The van der Waals surface area contributed by atoms with Crippen LogP contribution >= 0.6 is 0 Å². The third-order valence-corrected chi connectivity index (χ3v) is 4.13. The largest absolute Gasteiger partial charge is 0.497 e. The highest BCUT2D eigenvalue weighted by Crippen LogP contribution is 2.16. The third-order valence-electron chi connectivity index (χ3n) is 4.13. The predicted molar refractivity (Wildman–Crippen MR) is 110 cm³/mol. The quantitative estimate of drug-likeness (QED) is 0.445. The first-order valence-electron chi connectivity index (χ1n) is 9.71. The summed E-state index contributed by atoms with van der Waals surface area (Å²) < 4.78 is 16.0. The van der Waals surface area contributed by atoms with Crippen LogP contribution in [0, 0.1) is 0 Å². The lowest BCUT2D eigenvalue weighted by molar-refractivity contribution is -0.123. The van der Waals surface area contributed by atoms with Crippen LogP contribution in [0.15, 0.2) is 48.5 Å². The van der Waals surface area contributed by atoms with Gasteiger partial charge in [0.15, 0.2) is 6.61 Å². The number of nitrogens with one attached hydrogen (secondary N) is 2. The normalized spacial score (nSPS) is 10.1. The minimum absolute atomic E-state index is 0.225. The van der Waals surface area contributed by atoms with Crippen LogP contribution in [-0.2, 0) is 4.79 Å². The summed E-state index contributed by atoms with van der Waals surface area (Å²) in [5.74, 6) is 1.05. The number of unbranched alkanes of at least 4 members (excludes halogenated alkanes) is 3. The second kappa shape index (κ2) is 12.3. The van der Waals surface area contributed by atoms with Gasteiger partial charge < -0.3 is 14.2 Å². The van der Waals surface area contributed by atoms with Gasteiger partial charge in [-0.05, 0) is 55.0 Å². The van der Waals surface area contributed by atoms with Gasteiger partial charge in [-0.3, -0.25) is 20.4 Å². The average Bonchev–Trinajstić information content (AvgIpc) is 2.76. The van der Waals surface area contributed by atoms with Gasteiger partial charge in [0, 0.05) is 5.56 Å². The Bertz CT molecular complexity index is 760. The maximum absolute atomic E-state index is 12.1. The fraction of sp³-hybridized carbons (Fsp3) is 0.364. The highest BCUT2D eigenvalue weighted by Gasteiger charge is 2.08. The van der Waals surface area contributed by atoms with E-state index in [1.165, 1.54) is 12.8 Å². The number of methoxy groups -OCH3 is 1. The molecule has 0 unspecified atom stereocenters. The van der Waals surface area contributed by atoms with E-state index in [2.05, 4.69) is 17.8 Å². The Morgan fingerprint density at radius 3 is 2.07 bits per heavy atom. The zero-order valence-electron chi connectivity index (χ0n) is 16.9. The molecule has 0 aliphatic rings. The molecule has 0 fully saturated rings. The molecule has 156 valence electrons. The lowest BCUT2D eigenvalue weighted by Crippen LogP contribution is -2.43. The Morgan fingerprint density at radius 2 is 1.41 bits per heavy atom. The molecule has 2 aromatic rings. The smallest absolute Gasteiger partial charge is 0.276 e. The van der Waals surface area contributed by atoms with Gasteiger partial charge in [-0.1, -0.05) is 26.2 Å². The number of hydrogen-bond acceptors (Lipinski definition) is 5. The summed E-state index contributed by atoms with van der Waals surface area (Å²) in [6, 6.07) is 13.6. The van der Waals surface area contributed by atoms with E-state index in [1.807, 2.05) is 0 Å². The first-order chi connectivity index (χ1) is 14.1. The summed E-state index contributed by atoms with van der Waals surface area (Å²) in [5, 5.41) is 0. The molecule has 2 amide bonds. The van der Waals surface area contributed by atoms with E-state index >= 15 is 0 Å². The molecule has 2 N–H and O–H groups in total. The highest BCUT2D eigenvalue weighted by molar-refractivity contribution is 5.95. The summed E-state index contributed by atoms with van der Waals surface area (Å²) in [6.07, 6.45) is 4.56. The molecule has 0 spiro atoms. The van der Waals surface area contributed by atoms with E-state index in [0.29, 0.717) is 23.7 Å². The summed E-state index contributed by atoms with van der Waals surface area (Å²) >= 11 is 0. The number of amides is 2. The molecule has 0 radical (unpaired) electrons. The van der Waals surface area contributed by atoms with E-state index in [4.69, 9.17) is 14.2 Å². The van der Waals surface area contributed by atoms with E-state index < -0.39 is 11.8 Å². The monoisotopic (exact) mass is 400 g/mol. The highest BCUT2D eigenvalue weighted by atomic mass is 16.5. The first kappa shape index (κ1) is 22.1. The topological polar surface area (TPSA) is 85.9 Å². The van der Waals surface area contributed by atoms with Crippen molar-refractivity contribution in [2.24, 2.45) is 0 Å². The standard InChI is InChI=1S/C22H28N2O5/c1-3-4-5-6-15-28-19-9-7-17(8-10-19)22(26)24-23-21(25)16-29-20-13-11-18(27-2)12-14-20/h7-14H,3-6,15-16H2,1-2H3,(H,23,25)(H,24,26). The van der Waals surface area contributed by atoms with Gasteiger partial charge in [-0.15, -0.1) is 0 Å². The summed E-state index contributed by atoms with van der Waals surface area (Å²) in [6.45, 7) is 2.61. The molecular weight excluding hydrogens is 372 g/mol. The number of benzene rings is 2. The number of carbonyl (C=O) groups excluding carboxylic acids is 2. The van der Waals surface area contributed by atoms with E-state index in [0.717, 1.165) is 18.6 Å². The van der Waals surface area contributed by atoms with Gasteiger partial charge in [0.25, 0.3) is 11.8 Å². The van der Waals surface area contributed by atoms with Crippen molar-refractivity contribution in [1.29, 1.82) is 0 Å². The molecule has 0 aliphatic heterocycles. The maximum atomic E-state index is 12.1. The van der Waals surface area contributed by atoms with Crippen molar-refractivity contribution >= 4 is 11.8 Å². The van der Waals surface area contributed by atoms with Crippen LogP contribution in [0.1, 0.15) is 43.0 Å². The van der Waals surface area contributed by atoms with Crippen LogP contribution in [-0.4, -0.2) is 32.1 Å². The van der Waals surface area contributed by atoms with Crippen molar-refractivity contribution in [2.75, 3.05) is 20.3 Å². The fourth-order valence-corrected chi connectivity index (χ4v) is 2.48. The minimum atomic E-state index is -0.471. The number of hydrogen-bond donors (Lipinski definition) is 2. The zero-order valence-corrected chi connectivity index (χ0v) is 16.9. The molecule has 0 aromatic heterocycles. The Labute approximate surface area is 171 Å². The van der Waals surface area contributed by atoms with Crippen LogP contribution in [0.5, 0.6) is 17.2 Å². The van der Waals surface area contributed by atoms with Gasteiger partial charge in [-0.25, -0.2) is 0 Å². The van der Waals surface area contributed by atoms with Gasteiger partial charge in [0.1, 0.15) is 17.2 Å². The van der Waals surface area contributed by atoms with Crippen molar-refractivity contribution in [3.05, 3.63) is 54.1 Å². The van der Waals surface area contributed by atoms with Crippen LogP contribution in [0.3, 0.4) is 0 Å². The van der Waals surface area contributed by atoms with E-state index in [-0.39, 0.29) is 6.61 Å². The van der Waals surface area contributed by atoms with Crippen molar-refractivity contribution in [3.8, 4) is 17.2 Å². The van der Waals surface area contributed by atoms with Crippen molar-refractivity contribution in [3.63, 3.8) is 0 Å². The average molecular weight is 400 g/mol. The summed E-state index contributed by atoms with van der Waals surface area (Å²) in [7, 11) is 1.57. The van der Waals surface area contributed by atoms with Crippen LogP contribution < -0.4 is 25.1 Å². The molecule has 0 heterocycles. The van der Waals surface area contributed by atoms with Crippen molar-refractivity contribution < 1.29 is 23.8 Å². The Morgan fingerprint density at radius 1 is 0.793 bits per heavy atom. The molecular formula is C22H28N2O5. The second-order valence-electron chi connectivity index (χ2n) is 6.40. The zero-order chi connectivity index (χ0) is 20.9. The molecule has 7 heteroatoms. The van der Waals surface area contributed by atoms with Gasteiger partial charge in [-0.2, -0.15) is 0 Å². The predicted octanol–water partition coefficient (Wildman–Crippen LogP) is 3.49. The van der Waals surface area contributed by atoms with E-state index in [1.54, 1.807) is 55.6 Å². The van der Waals surface area contributed by atoms with Crippen LogP contribution in [0.4, 0.5) is 0 Å². The second-order valence-corrected chi connectivity index (χ2v) is 6.40. The molecule has 0 saturated heterocycles. The van der Waals surface area contributed by atoms with Crippen LogP contribution in [0.25, 0.3) is 0 Å². The molecule has 0 atom stereocenters. The first-order valence-corrected chi connectivity index (χ1v) is 9.71. The Kier molecular flexibility index (Phi) is 9.35. The van der Waals surface area contributed by atoms with Crippen molar-refractivity contribution in [1.82, 2.24) is 10.9 Å². The number of rotatable bonds is 11. The number of ether oxygens (including phenoxy) is 3. The lowest BCUT2D eigenvalue weighted by Gasteiger charge is -2.10. The maximum Gasteiger partial charge on any atom is 0.276 e. The summed E-state index contributed by atoms with van der Waals surface area (Å²) in [5.41, 5.74) is 5.10. The number of hydrazine groups is 1. The Hall–Kier alpha value is -3.22.